The molecule has 3 heterocycles. The molecule has 0 unspecified atom stereocenters. The van der Waals surface area contributed by atoms with Gasteiger partial charge < -0.3 is 9.64 Å². The van der Waals surface area contributed by atoms with Gasteiger partial charge in [0.15, 0.2) is 0 Å². The predicted molar refractivity (Wildman–Crippen MR) is 96.0 cm³/mol. The summed E-state index contributed by atoms with van der Waals surface area (Å²) in [6.45, 7) is 13.9. The Bertz CT molecular complexity index is 407. The third-order valence-electron chi connectivity index (χ3n) is 5.98. The van der Waals surface area contributed by atoms with Gasteiger partial charge in [-0.15, -0.1) is 0 Å². The van der Waals surface area contributed by atoms with Crippen molar-refractivity contribution < 1.29 is 9.53 Å². The van der Waals surface area contributed by atoms with E-state index in [1.807, 2.05) is 0 Å². The summed E-state index contributed by atoms with van der Waals surface area (Å²) >= 11 is 0. The molecule has 3 fully saturated rings. The van der Waals surface area contributed by atoms with E-state index in [-0.39, 0.29) is 6.04 Å². The van der Waals surface area contributed by atoms with Gasteiger partial charge >= 0.3 is 0 Å². The third-order valence-corrected chi connectivity index (χ3v) is 5.98. The van der Waals surface area contributed by atoms with Gasteiger partial charge in [0.2, 0.25) is 5.91 Å². The summed E-state index contributed by atoms with van der Waals surface area (Å²) in [5.41, 5.74) is 0. The van der Waals surface area contributed by atoms with Gasteiger partial charge in [-0.2, -0.15) is 0 Å². The van der Waals surface area contributed by atoms with E-state index in [4.69, 9.17) is 4.74 Å². The molecular formula is C19H35N3O2. The molecule has 3 rings (SSSR count). The minimum Gasteiger partial charge on any atom is -0.373 e. The van der Waals surface area contributed by atoms with Crippen molar-refractivity contribution in [3.8, 4) is 0 Å². The van der Waals surface area contributed by atoms with E-state index < -0.39 is 0 Å². The lowest BCUT2D eigenvalue weighted by Gasteiger charge is -2.40. The Morgan fingerprint density at radius 1 is 1.04 bits per heavy atom. The number of likely N-dealkylation sites (tertiary alicyclic amines) is 2. The van der Waals surface area contributed by atoms with Gasteiger partial charge in [-0.1, -0.05) is 0 Å². The van der Waals surface area contributed by atoms with Crippen LogP contribution in [0.5, 0.6) is 0 Å². The van der Waals surface area contributed by atoms with Gasteiger partial charge in [0.1, 0.15) is 0 Å². The number of hydrogen-bond acceptors (Lipinski definition) is 4. The SMILES string of the molecule is C[C@@H]1CN(CC2CCN([C@H](C)C(=O)N3CCCC3)CC2)C[C@H](C)O1. The second-order valence-electron chi connectivity index (χ2n) is 8.16. The van der Waals surface area contributed by atoms with Crippen LogP contribution in [0.1, 0.15) is 46.5 Å². The molecule has 0 aromatic rings. The van der Waals surface area contributed by atoms with Gasteiger partial charge in [-0.25, -0.2) is 0 Å². The van der Waals surface area contributed by atoms with Crippen molar-refractivity contribution in [1.82, 2.24) is 14.7 Å². The average molecular weight is 338 g/mol. The first-order valence-corrected chi connectivity index (χ1v) is 9.93. The zero-order chi connectivity index (χ0) is 17.1. The molecule has 3 saturated heterocycles. The van der Waals surface area contributed by atoms with Gasteiger partial charge in [0, 0.05) is 32.7 Å². The summed E-state index contributed by atoms with van der Waals surface area (Å²) in [6, 6.07) is 0.0625. The lowest BCUT2D eigenvalue weighted by molar-refractivity contribution is -0.136. The molecule has 5 nitrogen and oxygen atoms in total. The number of carbonyl (C=O) groups is 1. The highest BCUT2D eigenvalue weighted by atomic mass is 16.5. The Labute approximate surface area is 147 Å². The lowest BCUT2D eigenvalue weighted by atomic mass is 9.94. The molecular weight excluding hydrogens is 302 g/mol. The molecule has 0 bridgehead atoms. The van der Waals surface area contributed by atoms with Crippen LogP contribution in [-0.2, 0) is 9.53 Å². The van der Waals surface area contributed by atoms with E-state index in [2.05, 4.69) is 35.5 Å². The topological polar surface area (TPSA) is 36.0 Å². The summed E-state index contributed by atoms with van der Waals surface area (Å²) in [6.07, 6.45) is 5.50. The third kappa shape index (κ3) is 4.50. The number of morpholine rings is 1. The molecule has 24 heavy (non-hydrogen) atoms. The summed E-state index contributed by atoms with van der Waals surface area (Å²) in [7, 11) is 0. The van der Waals surface area contributed by atoms with Crippen molar-refractivity contribution in [3.63, 3.8) is 0 Å². The van der Waals surface area contributed by atoms with Crippen LogP contribution >= 0.6 is 0 Å². The summed E-state index contributed by atoms with van der Waals surface area (Å²) in [5.74, 6) is 1.12. The fourth-order valence-electron chi connectivity index (χ4n) is 4.68. The summed E-state index contributed by atoms with van der Waals surface area (Å²) < 4.78 is 5.84. The highest BCUT2D eigenvalue weighted by Gasteiger charge is 2.31. The molecule has 5 heteroatoms. The van der Waals surface area contributed by atoms with E-state index in [1.165, 1.54) is 32.2 Å². The van der Waals surface area contributed by atoms with Crippen LogP contribution in [-0.4, -0.2) is 84.7 Å². The molecule has 3 aliphatic heterocycles. The number of amides is 1. The number of hydrogen-bond donors (Lipinski definition) is 0. The van der Waals surface area contributed by atoms with Gasteiger partial charge in [-0.05, 0) is 65.5 Å². The number of carbonyl (C=O) groups excluding carboxylic acids is 1. The first kappa shape index (κ1) is 18.2. The smallest absolute Gasteiger partial charge is 0.239 e. The van der Waals surface area contributed by atoms with Crippen LogP contribution < -0.4 is 0 Å². The van der Waals surface area contributed by atoms with Crippen LogP contribution in [0.4, 0.5) is 0 Å². The van der Waals surface area contributed by atoms with Crippen LogP contribution in [0, 0.1) is 5.92 Å². The maximum atomic E-state index is 12.6. The first-order valence-electron chi connectivity index (χ1n) is 9.93. The Morgan fingerprint density at radius 2 is 1.62 bits per heavy atom. The molecule has 3 atom stereocenters. The normalized spacial score (nSPS) is 32.2. The average Bonchev–Trinajstić information content (AvgIpc) is 3.07. The van der Waals surface area contributed by atoms with Crippen LogP contribution in [0.2, 0.25) is 0 Å². The maximum Gasteiger partial charge on any atom is 0.239 e. The Kier molecular flexibility index (Phi) is 6.17. The van der Waals surface area contributed by atoms with Crippen molar-refractivity contribution in [2.24, 2.45) is 5.92 Å². The van der Waals surface area contributed by atoms with E-state index in [9.17, 15) is 4.79 Å². The standard InChI is InChI=1S/C19H35N3O2/c1-15-12-20(13-16(2)24-15)14-18-6-10-21(11-7-18)17(3)19(23)22-8-4-5-9-22/h15-18H,4-14H2,1-3H3/t15-,16+,17-/m1/s1. The zero-order valence-electron chi connectivity index (χ0n) is 15.7. The van der Waals surface area contributed by atoms with Crippen LogP contribution in [0.15, 0.2) is 0 Å². The van der Waals surface area contributed by atoms with Crippen molar-refractivity contribution in [3.05, 3.63) is 0 Å². The molecule has 0 radical (unpaired) electrons. The van der Waals surface area contributed by atoms with Gasteiger partial charge in [-0.3, -0.25) is 14.6 Å². The van der Waals surface area contributed by atoms with E-state index in [0.29, 0.717) is 18.1 Å². The lowest BCUT2D eigenvalue weighted by Crippen LogP contribution is -2.51. The number of piperidine rings is 1. The van der Waals surface area contributed by atoms with Crippen molar-refractivity contribution in [1.29, 1.82) is 0 Å². The molecule has 138 valence electrons. The quantitative estimate of drug-likeness (QED) is 0.784. The highest BCUT2D eigenvalue weighted by molar-refractivity contribution is 5.81. The largest absolute Gasteiger partial charge is 0.373 e. The molecule has 0 aromatic heterocycles. The van der Waals surface area contributed by atoms with Crippen molar-refractivity contribution >= 4 is 5.91 Å². The van der Waals surface area contributed by atoms with Crippen LogP contribution in [0.25, 0.3) is 0 Å². The van der Waals surface area contributed by atoms with Crippen molar-refractivity contribution in [2.75, 3.05) is 45.8 Å². The summed E-state index contributed by atoms with van der Waals surface area (Å²) in [4.78, 5) is 19.6. The molecule has 0 N–H and O–H groups in total. The fourth-order valence-corrected chi connectivity index (χ4v) is 4.68. The number of rotatable bonds is 4. The van der Waals surface area contributed by atoms with Gasteiger partial charge in [0.05, 0.1) is 18.2 Å². The number of nitrogens with zero attached hydrogens (tertiary/aromatic N) is 3. The van der Waals surface area contributed by atoms with E-state index in [0.717, 1.165) is 45.2 Å². The Hall–Kier alpha value is -0.650. The molecule has 3 aliphatic rings. The molecule has 0 saturated carbocycles. The maximum absolute atomic E-state index is 12.6. The minimum atomic E-state index is 0.0625. The zero-order valence-corrected chi connectivity index (χ0v) is 15.7. The monoisotopic (exact) mass is 337 g/mol. The molecule has 0 aliphatic carbocycles. The molecule has 1 amide bonds. The Morgan fingerprint density at radius 3 is 2.21 bits per heavy atom. The molecule has 0 aromatic carbocycles. The summed E-state index contributed by atoms with van der Waals surface area (Å²) in [5, 5.41) is 0. The van der Waals surface area contributed by atoms with Crippen molar-refractivity contribution in [2.45, 2.75) is 64.7 Å². The second kappa shape index (κ2) is 8.15. The fraction of sp³-hybridized carbons (Fsp3) is 0.947. The predicted octanol–water partition coefficient (Wildman–Crippen LogP) is 1.82. The van der Waals surface area contributed by atoms with Gasteiger partial charge in [0.25, 0.3) is 0 Å². The van der Waals surface area contributed by atoms with Crippen LogP contribution in [0.3, 0.4) is 0 Å². The molecule has 0 spiro atoms. The second-order valence-corrected chi connectivity index (χ2v) is 8.16. The first-order chi connectivity index (χ1) is 11.5. The number of ether oxygens (including phenoxy) is 1. The van der Waals surface area contributed by atoms with E-state index in [1.54, 1.807) is 0 Å². The minimum absolute atomic E-state index is 0.0625. The van der Waals surface area contributed by atoms with E-state index >= 15 is 0 Å². The highest BCUT2D eigenvalue weighted by Crippen LogP contribution is 2.23. The Balaban J connectivity index is 1.42.